The number of nitrogens with zero attached hydrogens (tertiary/aromatic N) is 1. The summed E-state index contributed by atoms with van der Waals surface area (Å²) in [6.07, 6.45) is 3.99. The van der Waals surface area contributed by atoms with Crippen LogP contribution >= 0.6 is 0 Å². The molecule has 5 nitrogen and oxygen atoms in total. The summed E-state index contributed by atoms with van der Waals surface area (Å²) < 4.78 is 7.11. The summed E-state index contributed by atoms with van der Waals surface area (Å²) in [5.74, 6) is 0.426. The molecule has 0 amide bonds. The molecule has 37 heavy (non-hydrogen) atoms. The number of anilines is 1. The van der Waals surface area contributed by atoms with Gasteiger partial charge in [0.05, 0.1) is 6.61 Å². The summed E-state index contributed by atoms with van der Waals surface area (Å²) >= 11 is 0. The van der Waals surface area contributed by atoms with E-state index in [-0.39, 0.29) is 11.8 Å². The van der Waals surface area contributed by atoms with Crippen LogP contribution in [0.5, 0.6) is 0 Å². The Morgan fingerprint density at radius 2 is 1.73 bits per heavy atom. The molecule has 0 bridgehead atoms. The normalized spacial score (nSPS) is 11.1. The van der Waals surface area contributed by atoms with Gasteiger partial charge in [0.15, 0.2) is 5.78 Å². The van der Waals surface area contributed by atoms with Gasteiger partial charge in [0.25, 0.3) is 0 Å². The highest BCUT2D eigenvalue weighted by atomic mass is 16.5. The van der Waals surface area contributed by atoms with Crippen molar-refractivity contribution in [2.75, 3.05) is 11.9 Å². The molecule has 1 heterocycles. The smallest absolute Gasteiger partial charge is 0.305 e. The molecule has 3 aromatic carbocycles. The number of esters is 1. The molecule has 0 radical (unpaired) electrons. The first-order valence-corrected chi connectivity index (χ1v) is 13.1. The number of carbonyl (C=O) groups excluding carboxylic acids is 2. The first-order chi connectivity index (χ1) is 17.9. The van der Waals surface area contributed by atoms with Crippen LogP contribution in [0.4, 0.5) is 5.69 Å². The number of hydrogen-bond acceptors (Lipinski definition) is 4. The van der Waals surface area contributed by atoms with Crippen LogP contribution in [0.1, 0.15) is 60.7 Å². The third-order valence-corrected chi connectivity index (χ3v) is 6.38. The Morgan fingerprint density at radius 1 is 0.946 bits per heavy atom. The van der Waals surface area contributed by atoms with Gasteiger partial charge in [0, 0.05) is 53.4 Å². The Labute approximate surface area is 219 Å². The van der Waals surface area contributed by atoms with Crippen molar-refractivity contribution in [1.82, 2.24) is 4.57 Å². The molecule has 5 heteroatoms. The second-order valence-corrected chi connectivity index (χ2v) is 9.84. The first kappa shape index (κ1) is 26.2. The highest BCUT2D eigenvalue weighted by Gasteiger charge is 2.17. The van der Waals surface area contributed by atoms with Gasteiger partial charge in [-0.2, -0.15) is 0 Å². The third kappa shape index (κ3) is 6.88. The molecule has 192 valence electrons. The molecule has 0 aliphatic carbocycles. The lowest BCUT2D eigenvalue weighted by Gasteiger charge is -2.11. The molecule has 0 saturated carbocycles. The first-order valence-electron chi connectivity index (χ1n) is 13.1. The number of hydrogen-bond donors (Lipinski definition) is 1. The molecule has 4 rings (SSSR count). The van der Waals surface area contributed by atoms with Crippen molar-refractivity contribution in [2.24, 2.45) is 5.92 Å². The van der Waals surface area contributed by atoms with E-state index in [1.165, 1.54) is 5.56 Å². The Balaban J connectivity index is 1.49. The summed E-state index contributed by atoms with van der Waals surface area (Å²) in [6.45, 7) is 7.94. The fourth-order valence-electron chi connectivity index (χ4n) is 4.70. The van der Waals surface area contributed by atoms with E-state index in [4.69, 9.17) is 4.74 Å². The molecule has 0 unspecified atom stereocenters. The number of fused-ring (bicyclic) bond motifs is 1. The Hall–Kier alpha value is -3.86. The Kier molecular flexibility index (Phi) is 8.78. The number of benzene rings is 3. The number of para-hydroxylation sites is 1. The maximum Gasteiger partial charge on any atom is 0.305 e. The maximum absolute atomic E-state index is 13.6. The number of rotatable bonds is 12. The van der Waals surface area contributed by atoms with Gasteiger partial charge in [0.1, 0.15) is 0 Å². The second-order valence-electron chi connectivity index (χ2n) is 9.84. The van der Waals surface area contributed by atoms with Crippen LogP contribution in [0.25, 0.3) is 10.9 Å². The van der Waals surface area contributed by atoms with Crippen LogP contribution < -0.4 is 5.32 Å². The van der Waals surface area contributed by atoms with E-state index in [0.29, 0.717) is 49.6 Å². The molecule has 0 saturated heterocycles. The molecule has 0 aliphatic heterocycles. The fraction of sp³-hybridized carbons (Fsp3) is 0.312. The third-order valence-electron chi connectivity index (χ3n) is 6.38. The van der Waals surface area contributed by atoms with Crippen molar-refractivity contribution in [3.05, 3.63) is 101 Å². The van der Waals surface area contributed by atoms with E-state index in [2.05, 4.69) is 48.0 Å². The largest absolute Gasteiger partial charge is 0.466 e. The predicted octanol–water partition coefficient (Wildman–Crippen LogP) is 7.03. The average Bonchev–Trinajstić information content (AvgIpc) is 3.26. The van der Waals surface area contributed by atoms with Crippen molar-refractivity contribution >= 4 is 28.3 Å². The lowest BCUT2D eigenvalue weighted by atomic mass is 10.0. The minimum atomic E-state index is -0.188. The van der Waals surface area contributed by atoms with Crippen molar-refractivity contribution in [2.45, 2.75) is 53.1 Å². The topological polar surface area (TPSA) is 60.3 Å². The van der Waals surface area contributed by atoms with Crippen LogP contribution in [0.15, 0.2) is 79.0 Å². The van der Waals surface area contributed by atoms with E-state index in [1.54, 1.807) is 0 Å². The van der Waals surface area contributed by atoms with Crippen LogP contribution in [-0.2, 0) is 29.0 Å². The SMILES string of the molecule is CCOC(=O)CCCn1cc(C(=O)c2cccc(CNc3cccc(CC(C)C)c3)c2)c2ccccc21. The summed E-state index contributed by atoms with van der Waals surface area (Å²) in [6, 6.07) is 24.3. The van der Waals surface area contributed by atoms with Gasteiger partial charge >= 0.3 is 5.97 Å². The van der Waals surface area contributed by atoms with Crippen LogP contribution in [0.2, 0.25) is 0 Å². The standard InChI is InChI=1S/C32H36N2O3/c1-4-37-31(35)16-9-17-34-22-29(28-14-5-6-15-30(28)34)32(36)26-12-7-11-25(19-26)21-33-27-13-8-10-24(20-27)18-23(2)3/h5-8,10-15,19-20,22-23,33H,4,9,16-18,21H2,1-3H3. The number of nitrogens with one attached hydrogen (secondary N) is 1. The highest BCUT2D eigenvalue weighted by Crippen LogP contribution is 2.25. The van der Waals surface area contributed by atoms with Gasteiger partial charge in [-0.25, -0.2) is 0 Å². The monoisotopic (exact) mass is 496 g/mol. The summed E-state index contributed by atoms with van der Waals surface area (Å²) in [5.41, 5.74) is 5.80. The van der Waals surface area contributed by atoms with Gasteiger partial charge in [-0.1, -0.05) is 62.4 Å². The predicted molar refractivity (Wildman–Crippen MR) is 150 cm³/mol. The van der Waals surface area contributed by atoms with E-state index in [0.717, 1.165) is 28.6 Å². The van der Waals surface area contributed by atoms with Gasteiger partial charge in [-0.3, -0.25) is 9.59 Å². The molecule has 0 spiro atoms. The van der Waals surface area contributed by atoms with Gasteiger partial charge < -0.3 is 14.6 Å². The number of aromatic nitrogens is 1. The van der Waals surface area contributed by atoms with E-state index in [9.17, 15) is 9.59 Å². The second kappa shape index (κ2) is 12.4. The zero-order valence-electron chi connectivity index (χ0n) is 22.0. The summed E-state index contributed by atoms with van der Waals surface area (Å²) in [7, 11) is 0. The van der Waals surface area contributed by atoms with Crippen LogP contribution in [0, 0.1) is 5.92 Å². The maximum atomic E-state index is 13.6. The summed E-state index contributed by atoms with van der Waals surface area (Å²) in [5, 5.41) is 4.43. The minimum Gasteiger partial charge on any atom is -0.466 e. The van der Waals surface area contributed by atoms with Crippen LogP contribution in [-0.4, -0.2) is 22.9 Å². The molecule has 0 aliphatic rings. The van der Waals surface area contributed by atoms with Crippen molar-refractivity contribution in [3.8, 4) is 0 Å². The molecule has 1 aromatic heterocycles. The molecular formula is C32H36N2O3. The fourth-order valence-corrected chi connectivity index (χ4v) is 4.70. The number of ketones is 1. The van der Waals surface area contributed by atoms with Crippen LogP contribution in [0.3, 0.4) is 0 Å². The highest BCUT2D eigenvalue weighted by molar-refractivity contribution is 6.16. The van der Waals surface area contributed by atoms with E-state index in [1.807, 2.05) is 61.7 Å². The van der Waals surface area contributed by atoms with E-state index < -0.39 is 0 Å². The molecular weight excluding hydrogens is 460 g/mol. The van der Waals surface area contributed by atoms with Gasteiger partial charge in [-0.05, 0) is 61.1 Å². The number of ether oxygens (including phenoxy) is 1. The van der Waals surface area contributed by atoms with E-state index >= 15 is 0 Å². The quantitative estimate of drug-likeness (QED) is 0.169. The molecule has 0 atom stereocenters. The number of aryl methyl sites for hydroxylation is 1. The van der Waals surface area contributed by atoms with Gasteiger partial charge in [0.2, 0.25) is 0 Å². The Bertz CT molecular complexity index is 1370. The van der Waals surface area contributed by atoms with Gasteiger partial charge in [-0.15, -0.1) is 0 Å². The molecule has 0 fully saturated rings. The zero-order valence-corrected chi connectivity index (χ0v) is 22.0. The number of carbonyl (C=O) groups is 2. The average molecular weight is 497 g/mol. The lowest BCUT2D eigenvalue weighted by Crippen LogP contribution is -2.06. The van der Waals surface area contributed by atoms with Crippen molar-refractivity contribution in [1.29, 1.82) is 0 Å². The lowest BCUT2D eigenvalue weighted by molar-refractivity contribution is -0.143. The minimum absolute atomic E-state index is 0.00104. The zero-order chi connectivity index (χ0) is 26.2. The van der Waals surface area contributed by atoms with Crippen molar-refractivity contribution < 1.29 is 14.3 Å². The Morgan fingerprint density at radius 3 is 2.54 bits per heavy atom. The van der Waals surface area contributed by atoms with Crippen molar-refractivity contribution in [3.63, 3.8) is 0 Å². The molecule has 4 aromatic rings. The summed E-state index contributed by atoms with van der Waals surface area (Å²) in [4.78, 5) is 25.3. The molecule has 1 N–H and O–H groups in total.